The number of likely N-dealkylation sites (tertiary alicyclic amines) is 1. The highest BCUT2D eigenvalue weighted by Gasteiger charge is 2.38. The van der Waals surface area contributed by atoms with E-state index in [-0.39, 0.29) is 23.8 Å². The summed E-state index contributed by atoms with van der Waals surface area (Å²) in [4.78, 5) is 26.9. The Kier molecular flexibility index (Phi) is 5.79. The molecule has 2 atom stereocenters. The largest absolute Gasteiger partial charge is 0.497 e. The van der Waals surface area contributed by atoms with Gasteiger partial charge in [0.05, 0.1) is 19.1 Å². The maximum atomic E-state index is 12.9. The van der Waals surface area contributed by atoms with E-state index in [0.717, 1.165) is 16.9 Å². The van der Waals surface area contributed by atoms with Crippen molar-refractivity contribution in [3.8, 4) is 5.75 Å². The van der Waals surface area contributed by atoms with Crippen molar-refractivity contribution >= 4 is 11.8 Å². The molecule has 0 radical (unpaired) electrons. The van der Waals surface area contributed by atoms with Gasteiger partial charge in [0.2, 0.25) is 11.8 Å². The third-order valence-corrected chi connectivity index (χ3v) is 5.20. The Morgan fingerprint density at radius 3 is 2.63 bits per heavy atom. The topological polar surface area (TPSA) is 58.6 Å². The number of carbonyl (C=O) groups is 2. The maximum absolute atomic E-state index is 12.9. The molecule has 1 N–H and O–H groups in total. The first-order valence-electron chi connectivity index (χ1n) is 9.22. The number of carbonyl (C=O) groups excluding carboxylic acids is 2. The van der Waals surface area contributed by atoms with Crippen molar-refractivity contribution < 1.29 is 14.3 Å². The van der Waals surface area contributed by atoms with Crippen LogP contribution >= 0.6 is 0 Å². The van der Waals surface area contributed by atoms with Gasteiger partial charge < -0.3 is 15.0 Å². The highest BCUT2D eigenvalue weighted by atomic mass is 16.5. The molecule has 142 valence electrons. The molecule has 1 aliphatic heterocycles. The minimum absolute atomic E-state index is 0.0170. The van der Waals surface area contributed by atoms with Crippen molar-refractivity contribution in [2.75, 3.05) is 14.2 Å². The summed E-state index contributed by atoms with van der Waals surface area (Å²) in [7, 11) is 3.39. The van der Waals surface area contributed by atoms with E-state index >= 15 is 0 Å². The van der Waals surface area contributed by atoms with E-state index in [4.69, 9.17) is 4.74 Å². The van der Waals surface area contributed by atoms with Crippen LogP contribution in [0.5, 0.6) is 5.75 Å². The van der Waals surface area contributed by atoms with Gasteiger partial charge in [0.1, 0.15) is 5.75 Å². The molecule has 0 saturated carbocycles. The number of benzene rings is 2. The molecule has 1 heterocycles. The van der Waals surface area contributed by atoms with Crippen molar-refractivity contribution in [3.63, 3.8) is 0 Å². The zero-order valence-electron chi connectivity index (χ0n) is 16.1. The fraction of sp³-hybridized carbons (Fsp3) is 0.364. The van der Waals surface area contributed by atoms with E-state index in [1.54, 1.807) is 19.1 Å². The first-order valence-corrected chi connectivity index (χ1v) is 9.22. The summed E-state index contributed by atoms with van der Waals surface area (Å²) in [6, 6.07) is 15.4. The van der Waals surface area contributed by atoms with Crippen LogP contribution in [0, 0.1) is 12.8 Å². The molecule has 1 fully saturated rings. The van der Waals surface area contributed by atoms with Gasteiger partial charge in [-0.3, -0.25) is 9.59 Å². The van der Waals surface area contributed by atoms with Gasteiger partial charge in [0, 0.05) is 20.0 Å². The number of methoxy groups -OCH3 is 1. The minimum Gasteiger partial charge on any atom is -0.497 e. The molecule has 2 aromatic carbocycles. The van der Waals surface area contributed by atoms with E-state index in [0.29, 0.717) is 19.4 Å². The molecule has 2 amide bonds. The zero-order valence-corrected chi connectivity index (χ0v) is 16.1. The van der Waals surface area contributed by atoms with Crippen LogP contribution in [-0.4, -0.2) is 30.9 Å². The minimum atomic E-state index is -0.272. The average Bonchev–Trinajstić information content (AvgIpc) is 2.68. The Morgan fingerprint density at radius 2 is 1.96 bits per heavy atom. The molecule has 0 aliphatic carbocycles. The molecular weight excluding hydrogens is 340 g/mol. The maximum Gasteiger partial charge on any atom is 0.225 e. The van der Waals surface area contributed by atoms with Gasteiger partial charge in [-0.15, -0.1) is 0 Å². The van der Waals surface area contributed by atoms with Crippen LogP contribution in [0.4, 0.5) is 0 Å². The monoisotopic (exact) mass is 366 g/mol. The van der Waals surface area contributed by atoms with E-state index in [9.17, 15) is 9.59 Å². The molecule has 2 aromatic rings. The predicted molar refractivity (Wildman–Crippen MR) is 104 cm³/mol. The normalized spacial score (nSPS) is 19.7. The lowest BCUT2D eigenvalue weighted by Crippen LogP contribution is -2.46. The second kappa shape index (κ2) is 8.25. The second-order valence-electron chi connectivity index (χ2n) is 7.07. The third-order valence-electron chi connectivity index (χ3n) is 5.20. The van der Waals surface area contributed by atoms with Crippen LogP contribution in [0.15, 0.2) is 48.5 Å². The number of aryl methyl sites for hydroxylation is 1. The molecule has 3 rings (SSSR count). The van der Waals surface area contributed by atoms with Gasteiger partial charge in [-0.25, -0.2) is 0 Å². The molecule has 1 saturated heterocycles. The average molecular weight is 366 g/mol. The van der Waals surface area contributed by atoms with Crippen LogP contribution in [0.3, 0.4) is 0 Å². The van der Waals surface area contributed by atoms with Gasteiger partial charge in [-0.05, 0) is 36.6 Å². The van der Waals surface area contributed by atoms with Crippen LogP contribution in [0.2, 0.25) is 0 Å². The van der Waals surface area contributed by atoms with Crippen molar-refractivity contribution in [2.24, 2.45) is 5.92 Å². The number of hydrogen-bond acceptors (Lipinski definition) is 3. The standard InChI is InChI=1S/C22H26N2O3/c1-15-5-4-6-16(13-15)14-23-22(26)19-11-12-20(25)24(2)21(19)17-7-9-18(27-3)10-8-17/h4-10,13,19,21H,11-12,14H2,1-3H3,(H,23,26). The molecule has 1 aliphatic rings. The predicted octanol–water partition coefficient (Wildman–Crippen LogP) is 3.23. The highest BCUT2D eigenvalue weighted by Crippen LogP contribution is 2.36. The van der Waals surface area contributed by atoms with Gasteiger partial charge in [-0.1, -0.05) is 42.0 Å². The molecular formula is C22H26N2O3. The first kappa shape index (κ1) is 19.0. The van der Waals surface area contributed by atoms with Crippen LogP contribution in [-0.2, 0) is 16.1 Å². The highest BCUT2D eigenvalue weighted by molar-refractivity contribution is 5.84. The quantitative estimate of drug-likeness (QED) is 0.884. The summed E-state index contributed by atoms with van der Waals surface area (Å²) < 4.78 is 5.22. The summed E-state index contributed by atoms with van der Waals surface area (Å²) in [5.74, 6) is 0.533. The Hall–Kier alpha value is -2.82. The lowest BCUT2D eigenvalue weighted by Gasteiger charge is -2.38. The second-order valence-corrected chi connectivity index (χ2v) is 7.07. The third kappa shape index (κ3) is 4.30. The SMILES string of the molecule is COc1ccc(C2C(C(=O)NCc3cccc(C)c3)CCC(=O)N2C)cc1. The van der Waals surface area contributed by atoms with Crippen LogP contribution in [0.25, 0.3) is 0 Å². The summed E-state index contributed by atoms with van der Waals surface area (Å²) >= 11 is 0. The van der Waals surface area contributed by atoms with E-state index in [2.05, 4.69) is 11.4 Å². The van der Waals surface area contributed by atoms with Crippen LogP contribution in [0.1, 0.15) is 35.6 Å². The van der Waals surface area contributed by atoms with Crippen molar-refractivity contribution in [2.45, 2.75) is 32.4 Å². The smallest absolute Gasteiger partial charge is 0.225 e. The Bertz CT molecular complexity index is 817. The van der Waals surface area contributed by atoms with Gasteiger partial charge >= 0.3 is 0 Å². The number of nitrogens with zero attached hydrogens (tertiary/aromatic N) is 1. The molecule has 5 heteroatoms. The lowest BCUT2D eigenvalue weighted by atomic mass is 9.84. The molecule has 0 aromatic heterocycles. The summed E-state index contributed by atoms with van der Waals surface area (Å²) in [5, 5.41) is 3.05. The van der Waals surface area contributed by atoms with Gasteiger partial charge in [0.25, 0.3) is 0 Å². The number of rotatable bonds is 5. The van der Waals surface area contributed by atoms with E-state index in [1.807, 2.05) is 49.4 Å². The zero-order chi connectivity index (χ0) is 19.4. The number of hydrogen-bond donors (Lipinski definition) is 1. The fourth-order valence-electron chi connectivity index (χ4n) is 3.71. The summed E-state index contributed by atoms with van der Waals surface area (Å²) in [5.41, 5.74) is 3.19. The summed E-state index contributed by atoms with van der Waals surface area (Å²) in [6.45, 7) is 2.52. The Labute approximate surface area is 160 Å². The first-order chi connectivity index (χ1) is 13.0. The molecule has 27 heavy (non-hydrogen) atoms. The molecule has 0 spiro atoms. The molecule has 0 bridgehead atoms. The van der Waals surface area contributed by atoms with Gasteiger partial charge in [-0.2, -0.15) is 0 Å². The number of ether oxygens (including phenoxy) is 1. The Balaban J connectivity index is 1.77. The lowest BCUT2D eigenvalue weighted by molar-refractivity contribution is -0.141. The Morgan fingerprint density at radius 1 is 1.22 bits per heavy atom. The molecule has 2 unspecified atom stereocenters. The van der Waals surface area contributed by atoms with Crippen molar-refractivity contribution in [1.29, 1.82) is 0 Å². The fourth-order valence-corrected chi connectivity index (χ4v) is 3.71. The van der Waals surface area contributed by atoms with Crippen molar-refractivity contribution in [1.82, 2.24) is 10.2 Å². The van der Waals surface area contributed by atoms with Crippen LogP contribution < -0.4 is 10.1 Å². The number of amides is 2. The van der Waals surface area contributed by atoms with E-state index in [1.165, 1.54) is 5.56 Å². The van der Waals surface area contributed by atoms with Crippen molar-refractivity contribution in [3.05, 3.63) is 65.2 Å². The summed E-state index contributed by atoms with van der Waals surface area (Å²) in [6.07, 6.45) is 0.950. The molecule has 5 nitrogen and oxygen atoms in total. The van der Waals surface area contributed by atoms with E-state index < -0.39 is 0 Å². The number of piperidine rings is 1. The van der Waals surface area contributed by atoms with Gasteiger partial charge in [0.15, 0.2) is 0 Å². The number of nitrogens with one attached hydrogen (secondary N) is 1.